The first-order valence-corrected chi connectivity index (χ1v) is 15.2. The third kappa shape index (κ3) is 11.1. The number of ether oxygens (including phenoxy) is 6. The van der Waals surface area contributed by atoms with E-state index in [1.807, 2.05) is 44.2 Å². The van der Waals surface area contributed by atoms with Crippen LogP contribution in [-0.4, -0.2) is 88.5 Å². The number of carbonyl (C=O) groups is 2. The lowest BCUT2D eigenvalue weighted by atomic mass is 9.84. The minimum atomic E-state index is -0.962. The highest BCUT2D eigenvalue weighted by molar-refractivity contribution is 6.04. The molecule has 4 rings (SSSR count). The molecule has 47 heavy (non-hydrogen) atoms. The third-order valence-electron chi connectivity index (χ3n) is 7.30. The van der Waals surface area contributed by atoms with Gasteiger partial charge < -0.3 is 28.4 Å². The van der Waals surface area contributed by atoms with Crippen LogP contribution in [0.25, 0.3) is 0 Å². The predicted octanol–water partition coefficient (Wildman–Crippen LogP) is 1.62. The van der Waals surface area contributed by atoms with Gasteiger partial charge in [0.25, 0.3) is 0 Å². The Morgan fingerprint density at radius 2 is 1.64 bits per heavy atom. The highest BCUT2D eigenvalue weighted by Crippen LogP contribution is 2.39. The number of hydrogen-bond donors (Lipinski definition) is 4. The SMILES string of the molecule is CCOc1cc(C(C#N)(CCC(=O)OC)N2CCOCC2)ccc1OC.CCOc1cc(C2=NNC(=O)CC2)ccc1OC.N[NH2+]O. The summed E-state index contributed by atoms with van der Waals surface area (Å²) in [5.41, 5.74) is 4.60. The summed E-state index contributed by atoms with van der Waals surface area (Å²) in [5, 5.41) is 21.4. The zero-order valence-electron chi connectivity index (χ0n) is 27.7. The maximum atomic E-state index is 11.7. The summed E-state index contributed by atoms with van der Waals surface area (Å²) >= 11 is 0. The fraction of sp³-hybridized carbons (Fsp3) is 0.500. The molecule has 2 aliphatic heterocycles. The molecule has 0 saturated carbocycles. The fourth-order valence-corrected chi connectivity index (χ4v) is 5.02. The van der Waals surface area contributed by atoms with E-state index >= 15 is 0 Å². The van der Waals surface area contributed by atoms with Gasteiger partial charge in [0.15, 0.2) is 23.0 Å². The van der Waals surface area contributed by atoms with Crippen LogP contribution in [-0.2, 0) is 24.6 Å². The molecule has 0 spiro atoms. The number of benzene rings is 2. The molecule has 1 fully saturated rings. The number of nitrogens with one attached hydrogen (secondary N) is 1. The van der Waals surface area contributed by atoms with Gasteiger partial charge in [-0.05, 0) is 56.2 Å². The molecule has 2 aromatic carbocycles. The van der Waals surface area contributed by atoms with Crippen LogP contribution in [0, 0.1) is 11.3 Å². The Morgan fingerprint density at radius 1 is 1.04 bits per heavy atom. The van der Waals surface area contributed by atoms with E-state index in [4.69, 9.17) is 33.6 Å². The van der Waals surface area contributed by atoms with E-state index in [2.05, 4.69) is 27.3 Å². The fourth-order valence-electron chi connectivity index (χ4n) is 5.02. The van der Waals surface area contributed by atoms with Crippen molar-refractivity contribution in [3.63, 3.8) is 0 Å². The number of morpholine rings is 1. The van der Waals surface area contributed by atoms with Gasteiger partial charge in [-0.3, -0.25) is 14.5 Å². The lowest BCUT2D eigenvalue weighted by Gasteiger charge is -2.41. The molecular weight excluding hydrogens is 612 g/mol. The minimum Gasteiger partial charge on any atom is -0.493 e. The standard InChI is InChI=1S/C19H26N2O5.C13H16N2O3.H4N2O/c1-4-26-17-13-15(5-6-16(17)23-2)19(14-20,8-7-18(22)24-3)21-9-11-25-12-10-21;1-3-18-12-8-9(4-6-11(12)17-2)10-5-7-13(16)15-14-10;1-2-3/h5-6,13H,4,7-12H2,1-3H3;4,6,8H,3,5,7H2,1-2H3,(H,15,16);2-3H,1H2/p+1. The molecule has 1 saturated heterocycles. The number of nitrogens with two attached hydrogens (primary N) is 2. The molecule has 6 N–H and O–H groups in total. The molecule has 0 radical (unpaired) electrons. The van der Waals surface area contributed by atoms with Crippen LogP contribution in [0.5, 0.6) is 23.0 Å². The minimum absolute atomic E-state index is 0.0442. The van der Waals surface area contributed by atoms with Crippen molar-refractivity contribution in [2.75, 3.05) is 60.8 Å². The molecule has 15 heteroatoms. The number of hydrazone groups is 1. The molecule has 2 aliphatic rings. The first-order valence-electron chi connectivity index (χ1n) is 15.2. The number of nitriles is 1. The Balaban J connectivity index is 0.000000318. The van der Waals surface area contributed by atoms with Crippen molar-refractivity contribution in [1.29, 1.82) is 5.26 Å². The number of amides is 1. The molecule has 0 aromatic heterocycles. The number of methoxy groups -OCH3 is 3. The molecule has 15 nitrogen and oxygen atoms in total. The first-order chi connectivity index (χ1) is 22.8. The van der Waals surface area contributed by atoms with Gasteiger partial charge >= 0.3 is 5.97 Å². The van der Waals surface area contributed by atoms with E-state index in [0.717, 1.165) is 16.8 Å². The Labute approximate surface area is 275 Å². The molecule has 0 bridgehead atoms. The first kappa shape index (κ1) is 38.7. The summed E-state index contributed by atoms with van der Waals surface area (Å²) in [6, 6.07) is 13.6. The maximum Gasteiger partial charge on any atom is 0.305 e. The van der Waals surface area contributed by atoms with Gasteiger partial charge in [-0.2, -0.15) is 21.4 Å². The summed E-state index contributed by atoms with van der Waals surface area (Å²) in [5.74, 6) is 6.47. The summed E-state index contributed by atoms with van der Waals surface area (Å²) in [6.07, 6.45) is 1.59. The normalized spacial score (nSPS) is 15.4. The van der Waals surface area contributed by atoms with Crippen molar-refractivity contribution >= 4 is 17.6 Å². The van der Waals surface area contributed by atoms with Gasteiger partial charge in [0.1, 0.15) is 5.54 Å². The van der Waals surface area contributed by atoms with Gasteiger partial charge in [-0.1, -0.05) is 6.07 Å². The van der Waals surface area contributed by atoms with Gasteiger partial charge in [0.2, 0.25) is 5.91 Å². The molecule has 1 unspecified atom stereocenters. The van der Waals surface area contributed by atoms with Gasteiger partial charge in [-0.15, -0.1) is 5.59 Å². The molecule has 2 heterocycles. The molecule has 1 amide bonds. The smallest absolute Gasteiger partial charge is 0.305 e. The largest absolute Gasteiger partial charge is 0.493 e. The van der Waals surface area contributed by atoms with Crippen molar-refractivity contribution < 1.29 is 48.8 Å². The average molecular weight is 660 g/mol. The van der Waals surface area contributed by atoms with Crippen molar-refractivity contribution in [3.8, 4) is 29.1 Å². The number of quaternary nitrogens is 1. The van der Waals surface area contributed by atoms with Crippen molar-refractivity contribution in [2.24, 2.45) is 10.9 Å². The zero-order chi connectivity index (χ0) is 34.7. The number of nitrogens with zero attached hydrogens (tertiary/aromatic N) is 3. The highest BCUT2D eigenvalue weighted by atomic mass is 16.5. The van der Waals surface area contributed by atoms with Crippen LogP contribution in [0.4, 0.5) is 0 Å². The van der Waals surface area contributed by atoms with Gasteiger partial charge in [0.05, 0.1) is 59.5 Å². The Hall–Kier alpha value is -4.46. The zero-order valence-corrected chi connectivity index (χ0v) is 27.7. The van der Waals surface area contributed by atoms with Crippen LogP contribution < -0.4 is 35.8 Å². The quantitative estimate of drug-likeness (QED) is 0.146. The van der Waals surface area contributed by atoms with Crippen LogP contribution >= 0.6 is 0 Å². The average Bonchev–Trinajstić information content (AvgIpc) is 3.10. The molecule has 258 valence electrons. The molecule has 2 aromatic rings. The van der Waals surface area contributed by atoms with Crippen molar-refractivity contribution in [2.45, 2.75) is 45.1 Å². The van der Waals surface area contributed by atoms with Crippen LogP contribution in [0.2, 0.25) is 0 Å². The van der Waals surface area contributed by atoms with Crippen LogP contribution in [0.15, 0.2) is 41.5 Å². The Morgan fingerprint density at radius 3 is 2.15 bits per heavy atom. The number of carbonyl (C=O) groups excluding carboxylic acids is 2. The second-order valence-electron chi connectivity index (χ2n) is 9.99. The number of hydrogen-bond acceptors (Lipinski definition) is 13. The predicted molar refractivity (Wildman–Crippen MR) is 171 cm³/mol. The van der Waals surface area contributed by atoms with Gasteiger partial charge in [0, 0.05) is 37.9 Å². The van der Waals surface area contributed by atoms with Gasteiger partial charge in [-0.25, -0.2) is 5.43 Å². The van der Waals surface area contributed by atoms with Crippen molar-refractivity contribution in [1.82, 2.24) is 10.3 Å². The summed E-state index contributed by atoms with van der Waals surface area (Å²) in [4.78, 5) is 24.9. The highest BCUT2D eigenvalue weighted by Gasteiger charge is 2.40. The molecular formula is C32H47N6O9+. The van der Waals surface area contributed by atoms with E-state index in [1.165, 1.54) is 7.11 Å². The number of esters is 1. The van der Waals surface area contributed by atoms with E-state index in [0.29, 0.717) is 87.4 Å². The van der Waals surface area contributed by atoms with Crippen LogP contribution in [0.1, 0.15) is 50.7 Å². The second kappa shape index (κ2) is 20.6. The lowest BCUT2D eigenvalue weighted by Crippen LogP contribution is -2.88. The summed E-state index contributed by atoms with van der Waals surface area (Å²) < 4.78 is 32.0. The summed E-state index contributed by atoms with van der Waals surface area (Å²) in [6.45, 7) is 7.21. The maximum absolute atomic E-state index is 11.7. The van der Waals surface area contributed by atoms with E-state index < -0.39 is 5.54 Å². The third-order valence-corrected chi connectivity index (χ3v) is 7.30. The van der Waals surface area contributed by atoms with E-state index in [1.54, 1.807) is 20.3 Å². The van der Waals surface area contributed by atoms with E-state index in [9.17, 15) is 14.9 Å². The Bertz CT molecular complexity index is 1360. The monoisotopic (exact) mass is 659 g/mol. The van der Waals surface area contributed by atoms with Crippen molar-refractivity contribution in [3.05, 3.63) is 47.5 Å². The lowest BCUT2D eigenvalue weighted by molar-refractivity contribution is -0.897. The van der Waals surface area contributed by atoms with Crippen LogP contribution in [0.3, 0.4) is 0 Å². The van der Waals surface area contributed by atoms with E-state index in [-0.39, 0.29) is 18.3 Å². The topological polar surface area (TPSA) is 204 Å². The Kier molecular flexibility index (Phi) is 17.0. The summed E-state index contributed by atoms with van der Waals surface area (Å²) in [7, 11) is 4.54. The number of rotatable bonds is 12. The molecule has 1 atom stereocenters. The second-order valence-corrected chi connectivity index (χ2v) is 9.99. The molecule has 0 aliphatic carbocycles.